The second-order valence-electron chi connectivity index (χ2n) is 11.2. The van der Waals surface area contributed by atoms with Crippen molar-refractivity contribution in [2.75, 3.05) is 0 Å². The fraction of sp³-hybridized carbons (Fsp3) is 0.118. The third-order valence-corrected chi connectivity index (χ3v) is 11.2. The summed E-state index contributed by atoms with van der Waals surface area (Å²) < 4.78 is 223. The van der Waals surface area contributed by atoms with Gasteiger partial charge in [0, 0.05) is 72.8 Å². The maximum Gasteiger partial charge on any atom is 2.00 e. The van der Waals surface area contributed by atoms with Crippen molar-refractivity contribution in [2.45, 2.75) is 22.0 Å². The Morgan fingerprint density at radius 2 is 0.342 bits per heavy atom. The molecule has 0 spiro atoms. The first kappa shape index (κ1) is 70.4. The zero-order valence-corrected chi connectivity index (χ0v) is 39.6. The predicted octanol–water partition coefficient (Wildman–Crippen LogP) is 4.04. The summed E-state index contributed by atoms with van der Waals surface area (Å²) in [5.41, 5.74) is -24.8. The van der Waals surface area contributed by atoms with Gasteiger partial charge in [-0.2, -0.15) is 81.1 Å². The SMILES string of the molecule is O=S(=O)([N-]S(=O)(=O)C(F)(F)F)C(F)(F)F.O=S(=O)([N-]S(=O)(=O)C(F)(F)F)C(F)(F)F.[Mn+2].[O-][n+]1ccccc1.[O-][n+]1ccccc1.[O-][n+]1ccccc1.[O-][n+]1ccccc1.[O-][n+]1ccccc1.[O-][n+]1ccccc1. The van der Waals surface area contributed by atoms with Gasteiger partial charge in [0.2, 0.25) is 0 Å². The molecule has 0 saturated carbocycles. The molecule has 0 aromatic carbocycles. The monoisotopic (exact) mass is 1180 g/mol. The molecule has 0 bridgehead atoms. The van der Waals surface area contributed by atoms with Gasteiger partial charge in [0.1, 0.15) is 0 Å². The predicted molar refractivity (Wildman–Crippen MR) is 219 cm³/mol. The molecule has 6 aromatic heterocycles. The minimum atomic E-state index is -6.72. The summed E-state index contributed by atoms with van der Waals surface area (Å²) in [6.45, 7) is 0. The zero-order chi connectivity index (χ0) is 56.1. The first-order chi connectivity index (χ1) is 32.8. The molecule has 0 aliphatic carbocycles. The number of nitrogens with zero attached hydrogens (tertiary/aromatic N) is 8. The minimum Gasteiger partial charge on any atom is -0.619 e. The maximum absolute atomic E-state index is 11.4. The molecule has 0 atom stereocenters. The smallest absolute Gasteiger partial charge is 0.619 e. The second-order valence-corrected chi connectivity index (χ2v) is 18.1. The molecule has 0 aliphatic heterocycles. The molecule has 6 rings (SSSR count). The van der Waals surface area contributed by atoms with Crippen LogP contribution in [0.4, 0.5) is 52.7 Å². The Labute approximate surface area is 415 Å². The van der Waals surface area contributed by atoms with E-state index in [-0.39, 0.29) is 17.1 Å². The molecule has 0 fully saturated rings. The van der Waals surface area contributed by atoms with Gasteiger partial charge in [-0.05, 0) is 0 Å². The molecule has 6 aromatic rings. The average molecular weight is 1190 g/mol. The van der Waals surface area contributed by atoms with Crippen LogP contribution < -0.4 is 28.4 Å². The quantitative estimate of drug-likeness (QED) is 0.104. The van der Waals surface area contributed by atoms with Crippen molar-refractivity contribution in [3.8, 4) is 0 Å². The van der Waals surface area contributed by atoms with Crippen LogP contribution in [-0.2, 0) is 57.2 Å². The Bertz CT molecular complexity index is 2410. The van der Waals surface area contributed by atoms with Crippen LogP contribution >= 0.6 is 0 Å². The van der Waals surface area contributed by atoms with Crippen LogP contribution in [-0.4, -0.2) is 55.7 Å². The Morgan fingerprint density at radius 1 is 0.247 bits per heavy atom. The van der Waals surface area contributed by atoms with Gasteiger partial charge in [0.15, 0.2) is 114 Å². The molecule has 39 heteroatoms. The summed E-state index contributed by atoms with van der Waals surface area (Å²) >= 11 is 0. The summed E-state index contributed by atoms with van der Waals surface area (Å²) in [4.78, 5) is 0. The normalized spacial score (nSPS) is 11.2. The van der Waals surface area contributed by atoms with Crippen LogP contribution in [0.15, 0.2) is 184 Å². The number of alkyl halides is 12. The standard InChI is InChI=1S/6C5H5NO.2C2F6NO4S2.Mn/c6*7-6-4-2-1-3-5-6;2*3-1(4,5)14(10,11)9-15(12,13)2(6,7)8;/h6*1-5H;;;/q;;;;;;2*-1;+2. The van der Waals surface area contributed by atoms with E-state index in [2.05, 4.69) is 0 Å². The molecular formula is C34H30F12MnN8O14S4. The number of sulfonamides is 4. The molecule has 22 nitrogen and oxygen atoms in total. The number of pyridine rings is 6. The first-order valence-electron chi connectivity index (χ1n) is 17.3. The van der Waals surface area contributed by atoms with E-state index in [0.717, 1.165) is 36.6 Å². The van der Waals surface area contributed by atoms with Crippen LogP contribution in [0.2, 0.25) is 0 Å². The van der Waals surface area contributed by atoms with E-state index < -0.39 is 62.1 Å². The van der Waals surface area contributed by atoms with E-state index in [1.165, 1.54) is 74.4 Å². The van der Waals surface area contributed by atoms with Gasteiger partial charge < -0.3 is 39.5 Å². The van der Waals surface area contributed by atoms with Crippen molar-refractivity contribution in [2.24, 2.45) is 0 Å². The number of rotatable bonds is 4. The summed E-state index contributed by atoms with van der Waals surface area (Å²) in [5.74, 6) is 0. The van der Waals surface area contributed by atoms with Crippen molar-refractivity contribution in [3.05, 3.63) is 223 Å². The van der Waals surface area contributed by atoms with Gasteiger partial charge in [-0.15, -0.1) is 0 Å². The van der Waals surface area contributed by atoms with Crippen molar-refractivity contribution in [1.82, 2.24) is 0 Å². The molecular weight excluding hydrogens is 1160 g/mol. The van der Waals surface area contributed by atoms with Crippen LogP contribution in [0.3, 0.4) is 0 Å². The van der Waals surface area contributed by atoms with E-state index in [1.54, 1.807) is 109 Å². The minimum absolute atomic E-state index is 0. The van der Waals surface area contributed by atoms with Gasteiger partial charge in [-0.3, -0.25) is 0 Å². The summed E-state index contributed by atoms with van der Waals surface area (Å²) in [6, 6.07) is 31.0. The van der Waals surface area contributed by atoms with Gasteiger partial charge >= 0.3 is 39.1 Å². The van der Waals surface area contributed by atoms with Crippen molar-refractivity contribution < 1.29 is 132 Å². The topological polar surface area (TPSA) is 326 Å². The summed E-state index contributed by atoms with van der Waals surface area (Å²) in [6.07, 6.45) is 17.3. The number of hydrogen-bond donors (Lipinski definition) is 0. The van der Waals surface area contributed by atoms with Crippen LogP contribution in [0.25, 0.3) is 8.25 Å². The molecule has 0 unspecified atom stereocenters. The van der Waals surface area contributed by atoms with E-state index in [4.69, 9.17) is 0 Å². The first-order valence-corrected chi connectivity index (χ1v) is 23.1. The number of aromatic nitrogens is 6. The Balaban J connectivity index is -0.000000783. The van der Waals surface area contributed by atoms with E-state index in [0.29, 0.717) is 0 Å². The maximum atomic E-state index is 11.4. The Kier molecular flexibility index (Phi) is 31.1. The molecule has 0 aliphatic rings. The van der Waals surface area contributed by atoms with Crippen LogP contribution in [0.1, 0.15) is 0 Å². The molecule has 1 radical (unpaired) electrons. The number of halogens is 12. The second kappa shape index (κ2) is 32.2. The van der Waals surface area contributed by atoms with Crippen molar-refractivity contribution in [3.63, 3.8) is 0 Å². The van der Waals surface area contributed by atoms with Gasteiger partial charge in [0.05, 0.1) is 0 Å². The molecule has 405 valence electrons. The van der Waals surface area contributed by atoms with Gasteiger partial charge in [-0.1, -0.05) is 36.4 Å². The van der Waals surface area contributed by atoms with E-state index in [9.17, 15) is 118 Å². The van der Waals surface area contributed by atoms with E-state index in [1.807, 2.05) is 0 Å². The van der Waals surface area contributed by atoms with Gasteiger partial charge in [0.25, 0.3) is 0 Å². The third kappa shape index (κ3) is 32.6. The molecule has 6 heterocycles. The fourth-order valence-electron chi connectivity index (χ4n) is 2.72. The largest absolute Gasteiger partial charge is 2.00 e. The van der Waals surface area contributed by atoms with Crippen molar-refractivity contribution in [1.29, 1.82) is 0 Å². The molecule has 73 heavy (non-hydrogen) atoms. The number of hydrogen-bond acceptors (Lipinski definition) is 14. The van der Waals surface area contributed by atoms with Crippen LogP contribution in [0.5, 0.6) is 0 Å². The van der Waals surface area contributed by atoms with Gasteiger partial charge in [-0.25, -0.2) is 33.7 Å². The Hall–Kier alpha value is -6.90. The zero-order valence-electron chi connectivity index (χ0n) is 35.2. The summed E-state index contributed by atoms with van der Waals surface area (Å²) in [7, 11) is -26.9. The Morgan fingerprint density at radius 3 is 0.397 bits per heavy atom. The average Bonchev–Trinajstić information content (AvgIpc) is 3.25. The molecule has 0 N–H and O–H groups in total. The third-order valence-electron chi connectivity index (χ3n) is 5.69. The molecule has 0 saturated heterocycles. The summed E-state index contributed by atoms with van der Waals surface area (Å²) in [5, 5.41) is 61.1. The van der Waals surface area contributed by atoms with E-state index >= 15 is 0 Å². The fourth-order valence-corrected chi connectivity index (χ4v) is 6.14. The van der Waals surface area contributed by atoms with Crippen LogP contribution in [0, 0.1) is 31.2 Å². The van der Waals surface area contributed by atoms with Crippen molar-refractivity contribution >= 4 is 40.1 Å². The molecule has 0 amide bonds.